The highest BCUT2D eigenvalue weighted by atomic mass is 15.2. The van der Waals surface area contributed by atoms with Crippen LogP contribution in [0.5, 0.6) is 0 Å². The maximum atomic E-state index is 2.53. The van der Waals surface area contributed by atoms with Gasteiger partial charge in [0.1, 0.15) is 0 Å². The first kappa shape index (κ1) is 14.3. The van der Waals surface area contributed by atoms with E-state index in [4.69, 9.17) is 0 Å². The van der Waals surface area contributed by atoms with Crippen LogP contribution in [-0.2, 0) is 0 Å². The number of rotatable bonds is 4. The predicted octanol–water partition coefficient (Wildman–Crippen LogP) is 3.37. The minimum atomic E-state index is 0.463. The van der Waals surface area contributed by atoms with Crippen LogP contribution in [0.3, 0.4) is 0 Å². The fourth-order valence-corrected chi connectivity index (χ4v) is 4.08. The molecule has 0 aromatic rings. The van der Waals surface area contributed by atoms with Gasteiger partial charge in [-0.3, -0.25) is 0 Å². The Morgan fingerprint density at radius 1 is 1.11 bits per heavy atom. The summed E-state index contributed by atoms with van der Waals surface area (Å²) < 4.78 is 0. The number of hydrogen-bond donors (Lipinski definition) is 0. The average molecular weight is 252 g/mol. The molecule has 2 rings (SSSR count). The van der Waals surface area contributed by atoms with Crippen molar-refractivity contribution >= 4 is 0 Å². The Bertz CT molecular complexity index is 245. The van der Waals surface area contributed by atoms with Crippen LogP contribution in [0, 0.1) is 5.92 Å². The number of hydrogen-bond acceptors (Lipinski definition) is 2. The molecule has 1 aliphatic heterocycles. The molecule has 2 fully saturated rings. The molecular formula is C16H32N2. The largest absolute Gasteiger partial charge is 0.305 e. The molecule has 0 amide bonds. The van der Waals surface area contributed by atoms with Gasteiger partial charge in [0.25, 0.3) is 0 Å². The minimum absolute atomic E-state index is 0.463. The van der Waals surface area contributed by atoms with Crippen LogP contribution in [0.4, 0.5) is 0 Å². The molecule has 1 saturated heterocycles. The molecule has 0 unspecified atom stereocenters. The third-order valence-electron chi connectivity index (χ3n) is 5.44. The molecule has 18 heavy (non-hydrogen) atoms. The number of likely N-dealkylation sites (tertiary alicyclic amines) is 1. The number of nitrogens with zero attached hydrogens (tertiary/aromatic N) is 2. The molecule has 0 radical (unpaired) electrons. The smallest absolute Gasteiger partial charge is 0.0330 e. The van der Waals surface area contributed by atoms with Crippen molar-refractivity contribution in [1.82, 2.24) is 9.80 Å². The highest BCUT2D eigenvalue weighted by Gasteiger charge is 2.36. The van der Waals surface area contributed by atoms with E-state index in [-0.39, 0.29) is 0 Å². The highest BCUT2D eigenvalue weighted by molar-refractivity contribution is 4.94. The third-order valence-corrected chi connectivity index (χ3v) is 5.44. The fraction of sp³-hybridized carbons (Fsp3) is 1.00. The van der Waals surface area contributed by atoms with Crippen molar-refractivity contribution in [3.63, 3.8) is 0 Å². The van der Waals surface area contributed by atoms with Crippen LogP contribution < -0.4 is 0 Å². The topological polar surface area (TPSA) is 6.48 Å². The van der Waals surface area contributed by atoms with Gasteiger partial charge in [0, 0.05) is 12.1 Å². The van der Waals surface area contributed by atoms with Gasteiger partial charge in [-0.05, 0) is 59.3 Å². The first-order valence-electron chi connectivity index (χ1n) is 7.98. The molecule has 2 heteroatoms. The van der Waals surface area contributed by atoms with E-state index in [1.54, 1.807) is 0 Å². The summed E-state index contributed by atoms with van der Waals surface area (Å²) in [6, 6.07) is 0. The van der Waals surface area contributed by atoms with Gasteiger partial charge in [-0.1, -0.05) is 32.1 Å². The molecular weight excluding hydrogens is 220 g/mol. The first-order chi connectivity index (χ1) is 8.62. The van der Waals surface area contributed by atoms with Crippen LogP contribution in [-0.4, -0.2) is 49.6 Å². The van der Waals surface area contributed by atoms with Gasteiger partial charge in [-0.15, -0.1) is 0 Å². The Hall–Kier alpha value is -0.0800. The maximum Gasteiger partial charge on any atom is 0.0330 e. The van der Waals surface area contributed by atoms with Crippen molar-refractivity contribution in [2.24, 2.45) is 5.92 Å². The Balaban J connectivity index is 1.89. The highest BCUT2D eigenvalue weighted by Crippen LogP contribution is 2.34. The van der Waals surface area contributed by atoms with Gasteiger partial charge < -0.3 is 9.80 Å². The van der Waals surface area contributed by atoms with Crippen LogP contribution in [0.15, 0.2) is 0 Å². The summed E-state index contributed by atoms with van der Waals surface area (Å²) in [4.78, 5) is 5.05. The lowest BCUT2D eigenvalue weighted by atomic mass is 9.78. The van der Waals surface area contributed by atoms with Crippen molar-refractivity contribution in [3.05, 3.63) is 0 Å². The molecule has 2 nitrogen and oxygen atoms in total. The van der Waals surface area contributed by atoms with Crippen molar-refractivity contribution in [3.8, 4) is 0 Å². The summed E-state index contributed by atoms with van der Waals surface area (Å²) in [6.07, 6.45) is 13.1. The summed E-state index contributed by atoms with van der Waals surface area (Å²) in [7, 11) is 6.87. The SMILES string of the molecule is CN1CCC[C@](CCC2CCCCC2)(N(C)C)C1. The summed E-state index contributed by atoms with van der Waals surface area (Å²) in [6.45, 7) is 2.56. The van der Waals surface area contributed by atoms with E-state index in [2.05, 4.69) is 30.9 Å². The van der Waals surface area contributed by atoms with Gasteiger partial charge >= 0.3 is 0 Å². The van der Waals surface area contributed by atoms with E-state index in [0.29, 0.717) is 5.54 Å². The molecule has 0 bridgehead atoms. The van der Waals surface area contributed by atoms with Crippen molar-refractivity contribution in [2.45, 2.75) is 63.3 Å². The van der Waals surface area contributed by atoms with Gasteiger partial charge in [0.2, 0.25) is 0 Å². The number of likely N-dealkylation sites (N-methyl/N-ethyl adjacent to an activating group) is 2. The number of piperidine rings is 1. The molecule has 2 aliphatic rings. The molecule has 1 atom stereocenters. The summed E-state index contributed by atoms with van der Waals surface area (Å²) in [5.74, 6) is 1.03. The Labute approximate surface area is 114 Å². The lowest BCUT2D eigenvalue weighted by Gasteiger charge is -2.47. The van der Waals surface area contributed by atoms with E-state index in [0.717, 1.165) is 5.92 Å². The monoisotopic (exact) mass is 252 g/mol. The Morgan fingerprint density at radius 3 is 2.44 bits per heavy atom. The van der Waals surface area contributed by atoms with Crippen LogP contribution in [0.25, 0.3) is 0 Å². The maximum absolute atomic E-state index is 2.53. The molecule has 1 saturated carbocycles. The van der Waals surface area contributed by atoms with Crippen LogP contribution >= 0.6 is 0 Å². The lowest BCUT2D eigenvalue weighted by Crippen LogP contribution is -2.55. The van der Waals surface area contributed by atoms with Gasteiger partial charge in [-0.2, -0.15) is 0 Å². The van der Waals surface area contributed by atoms with E-state index in [1.165, 1.54) is 70.9 Å². The first-order valence-corrected chi connectivity index (χ1v) is 7.98. The summed E-state index contributed by atoms with van der Waals surface area (Å²) in [5.41, 5.74) is 0.463. The van der Waals surface area contributed by atoms with Crippen LogP contribution in [0.2, 0.25) is 0 Å². The molecule has 0 N–H and O–H groups in total. The molecule has 1 heterocycles. The van der Waals surface area contributed by atoms with E-state index in [1.807, 2.05) is 0 Å². The average Bonchev–Trinajstić information content (AvgIpc) is 2.37. The van der Waals surface area contributed by atoms with Crippen molar-refractivity contribution in [1.29, 1.82) is 0 Å². The second kappa shape index (κ2) is 6.38. The quantitative estimate of drug-likeness (QED) is 0.757. The van der Waals surface area contributed by atoms with E-state index >= 15 is 0 Å². The Kier molecular flexibility index (Phi) is 5.08. The predicted molar refractivity (Wildman–Crippen MR) is 79.0 cm³/mol. The molecule has 106 valence electrons. The van der Waals surface area contributed by atoms with E-state index < -0.39 is 0 Å². The van der Waals surface area contributed by atoms with Gasteiger partial charge in [0.15, 0.2) is 0 Å². The molecule has 0 spiro atoms. The zero-order valence-electron chi connectivity index (χ0n) is 12.7. The Morgan fingerprint density at radius 2 is 1.83 bits per heavy atom. The second-order valence-corrected chi connectivity index (χ2v) is 7.00. The zero-order chi connectivity index (χ0) is 13.0. The fourth-order valence-electron chi connectivity index (χ4n) is 4.08. The molecule has 0 aromatic carbocycles. The van der Waals surface area contributed by atoms with Crippen LogP contribution in [0.1, 0.15) is 57.8 Å². The van der Waals surface area contributed by atoms with E-state index in [9.17, 15) is 0 Å². The van der Waals surface area contributed by atoms with Gasteiger partial charge in [-0.25, -0.2) is 0 Å². The standard InChI is InChI=1S/C16H32N2/c1-17(2)16(11-7-13-18(3)14-16)12-10-15-8-5-4-6-9-15/h15H,4-14H2,1-3H3/t16-/m1/s1. The van der Waals surface area contributed by atoms with Crippen molar-refractivity contribution in [2.75, 3.05) is 34.2 Å². The minimum Gasteiger partial charge on any atom is -0.305 e. The van der Waals surface area contributed by atoms with Crippen molar-refractivity contribution < 1.29 is 0 Å². The summed E-state index contributed by atoms with van der Waals surface area (Å²) >= 11 is 0. The molecule has 1 aliphatic carbocycles. The van der Waals surface area contributed by atoms with Gasteiger partial charge in [0.05, 0.1) is 0 Å². The summed E-state index contributed by atoms with van der Waals surface area (Å²) in [5, 5.41) is 0. The third kappa shape index (κ3) is 3.48. The molecule has 0 aromatic heterocycles. The normalized spacial score (nSPS) is 32.0. The second-order valence-electron chi connectivity index (χ2n) is 7.00. The zero-order valence-corrected chi connectivity index (χ0v) is 12.7. The lowest BCUT2D eigenvalue weighted by molar-refractivity contribution is 0.0420.